The topological polar surface area (TPSA) is 85.9 Å². The summed E-state index contributed by atoms with van der Waals surface area (Å²) in [6.45, 7) is 7.95. The average Bonchev–Trinajstić information content (AvgIpc) is 3.08. The van der Waals surface area contributed by atoms with Gasteiger partial charge in [-0.3, -0.25) is 4.79 Å². The molecule has 0 unspecified atom stereocenters. The van der Waals surface area contributed by atoms with Gasteiger partial charge in [0.25, 0.3) is 10.0 Å². The fraction of sp³-hybridized carbons (Fsp3) is 0.733. The van der Waals surface area contributed by atoms with Crippen LogP contribution in [0.25, 0.3) is 0 Å². The molecule has 0 radical (unpaired) electrons. The van der Waals surface area contributed by atoms with Crippen molar-refractivity contribution in [3.05, 3.63) is 10.4 Å². The molecule has 1 N–H and O–H groups in total. The van der Waals surface area contributed by atoms with Crippen LogP contribution in [-0.4, -0.2) is 92.3 Å². The predicted octanol–water partition coefficient (Wildman–Crippen LogP) is 0.00152. The van der Waals surface area contributed by atoms with Crippen molar-refractivity contribution in [3.63, 3.8) is 0 Å². The van der Waals surface area contributed by atoms with Gasteiger partial charge in [0, 0.05) is 70.7 Å². The van der Waals surface area contributed by atoms with Gasteiger partial charge in [0.05, 0.1) is 5.01 Å². The second kappa shape index (κ2) is 9.43. The van der Waals surface area contributed by atoms with E-state index in [2.05, 4.69) is 15.2 Å². The van der Waals surface area contributed by atoms with E-state index in [0.717, 1.165) is 31.2 Å². The standard InChI is InChI=1S/C15H25N5O3S2.ClH/c1-13-17-14(12-24-13)25(22,23)20-10-8-18(9-11-20)5-2-15(21)19-6-3-16-4-7-19;/h12,16H,2-11H2,1H3;1H. The summed E-state index contributed by atoms with van der Waals surface area (Å²) in [5, 5.41) is 5.74. The zero-order valence-electron chi connectivity index (χ0n) is 14.9. The molecule has 0 bridgehead atoms. The molecule has 3 rings (SSSR count). The van der Waals surface area contributed by atoms with E-state index in [1.54, 1.807) is 12.3 Å². The molecule has 1 aromatic rings. The number of hydrogen-bond donors (Lipinski definition) is 1. The van der Waals surface area contributed by atoms with Crippen molar-refractivity contribution in [2.45, 2.75) is 18.4 Å². The van der Waals surface area contributed by atoms with E-state index < -0.39 is 10.0 Å². The van der Waals surface area contributed by atoms with Crippen molar-refractivity contribution >= 4 is 39.7 Å². The summed E-state index contributed by atoms with van der Waals surface area (Å²) in [6, 6.07) is 0. The fourth-order valence-electron chi connectivity index (χ4n) is 3.11. The maximum atomic E-state index is 12.6. The minimum absolute atomic E-state index is 0. The van der Waals surface area contributed by atoms with Crippen LogP contribution in [0.15, 0.2) is 10.4 Å². The monoisotopic (exact) mass is 423 g/mol. The Bertz CT molecular complexity index is 698. The zero-order valence-corrected chi connectivity index (χ0v) is 17.3. The number of piperazine rings is 2. The molecule has 0 saturated carbocycles. The van der Waals surface area contributed by atoms with Crippen molar-refractivity contribution < 1.29 is 13.2 Å². The number of hydrogen-bond acceptors (Lipinski definition) is 7. The van der Waals surface area contributed by atoms with Crippen LogP contribution in [0.3, 0.4) is 0 Å². The van der Waals surface area contributed by atoms with Gasteiger partial charge < -0.3 is 15.1 Å². The fourth-order valence-corrected chi connectivity index (χ4v) is 5.44. The summed E-state index contributed by atoms with van der Waals surface area (Å²) in [5.41, 5.74) is 0. The Morgan fingerprint density at radius 3 is 2.42 bits per heavy atom. The number of rotatable bonds is 5. The first-order valence-corrected chi connectivity index (χ1v) is 10.9. The normalized spacial score (nSPS) is 20.0. The SMILES string of the molecule is Cc1nc(S(=O)(=O)N2CCN(CCC(=O)N3CCNCC3)CC2)cs1.Cl. The van der Waals surface area contributed by atoms with Gasteiger partial charge in [-0.05, 0) is 6.92 Å². The van der Waals surface area contributed by atoms with Crippen molar-refractivity contribution in [2.24, 2.45) is 0 Å². The van der Waals surface area contributed by atoms with Gasteiger partial charge in [-0.1, -0.05) is 0 Å². The Morgan fingerprint density at radius 2 is 1.85 bits per heavy atom. The molecule has 2 fully saturated rings. The molecule has 0 atom stereocenters. The van der Waals surface area contributed by atoms with E-state index in [-0.39, 0.29) is 23.3 Å². The molecule has 0 aliphatic carbocycles. The van der Waals surface area contributed by atoms with Gasteiger partial charge in [0.2, 0.25) is 5.91 Å². The Morgan fingerprint density at radius 1 is 1.19 bits per heavy atom. The van der Waals surface area contributed by atoms with Crippen molar-refractivity contribution in [1.82, 2.24) is 24.4 Å². The number of carbonyl (C=O) groups is 1. The third-order valence-electron chi connectivity index (χ3n) is 4.65. The number of sulfonamides is 1. The first-order valence-electron chi connectivity index (χ1n) is 8.60. The highest BCUT2D eigenvalue weighted by molar-refractivity contribution is 7.89. The quantitative estimate of drug-likeness (QED) is 0.717. The van der Waals surface area contributed by atoms with Crippen LogP contribution < -0.4 is 5.32 Å². The minimum Gasteiger partial charge on any atom is -0.340 e. The van der Waals surface area contributed by atoms with Crippen molar-refractivity contribution in [3.8, 4) is 0 Å². The van der Waals surface area contributed by atoms with Gasteiger partial charge in [0.1, 0.15) is 0 Å². The van der Waals surface area contributed by atoms with Crippen LogP contribution in [0.2, 0.25) is 0 Å². The molecule has 26 heavy (non-hydrogen) atoms. The van der Waals surface area contributed by atoms with Crippen LogP contribution in [0.1, 0.15) is 11.4 Å². The lowest BCUT2D eigenvalue weighted by Crippen LogP contribution is -2.50. The van der Waals surface area contributed by atoms with E-state index in [4.69, 9.17) is 0 Å². The maximum Gasteiger partial charge on any atom is 0.261 e. The molecule has 2 saturated heterocycles. The summed E-state index contributed by atoms with van der Waals surface area (Å²) in [6.07, 6.45) is 0.498. The zero-order chi connectivity index (χ0) is 17.9. The van der Waals surface area contributed by atoms with E-state index >= 15 is 0 Å². The van der Waals surface area contributed by atoms with Crippen molar-refractivity contribution in [2.75, 3.05) is 58.9 Å². The molecular formula is C15H26ClN5O3S2. The summed E-state index contributed by atoms with van der Waals surface area (Å²) in [7, 11) is -3.49. The van der Waals surface area contributed by atoms with Crippen LogP contribution in [0.5, 0.6) is 0 Å². The van der Waals surface area contributed by atoms with Crippen LogP contribution in [-0.2, 0) is 14.8 Å². The molecule has 11 heteroatoms. The molecule has 0 aromatic carbocycles. The summed E-state index contributed by atoms with van der Waals surface area (Å²) in [5.74, 6) is 0.189. The number of thiazole rings is 1. The van der Waals surface area contributed by atoms with Gasteiger partial charge in [-0.15, -0.1) is 23.7 Å². The maximum absolute atomic E-state index is 12.6. The molecule has 1 aromatic heterocycles. The third-order valence-corrected chi connectivity index (χ3v) is 7.35. The number of nitrogens with zero attached hydrogens (tertiary/aromatic N) is 4. The summed E-state index contributed by atoms with van der Waals surface area (Å²) in [4.78, 5) is 20.4. The lowest BCUT2D eigenvalue weighted by Gasteiger charge is -2.34. The predicted molar refractivity (Wildman–Crippen MR) is 103 cm³/mol. The average molecular weight is 424 g/mol. The molecule has 2 aliphatic rings. The Kier molecular flexibility index (Phi) is 7.80. The Labute approximate surface area is 165 Å². The Balaban J connectivity index is 0.00000243. The first kappa shape index (κ1) is 21.5. The number of amides is 1. The highest BCUT2D eigenvalue weighted by atomic mass is 35.5. The molecular weight excluding hydrogens is 398 g/mol. The number of aryl methyl sites for hydroxylation is 1. The highest BCUT2D eigenvalue weighted by Crippen LogP contribution is 2.19. The smallest absolute Gasteiger partial charge is 0.261 e. The van der Waals surface area contributed by atoms with Crippen LogP contribution >= 0.6 is 23.7 Å². The van der Waals surface area contributed by atoms with E-state index in [1.165, 1.54) is 15.6 Å². The number of halogens is 1. The highest BCUT2D eigenvalue weighted by Gasteiger charge is 2.30. The van der Waals surface area contributed by atoms with Crippen LogP contribution in [0, 0.1) is 6.92 Å². The number of nitrogens with one attached hydrogen (secondary N) is 1. The molecule has 2 aliphatic heterocycles. The molecule has 8 nitrogen and oxygen atoms in total. The lowest BCUT2D eigenvalue weighted by atomic mass is 10.2. The van der Waals surface area contributed by atoms with E-state index in [0.29, 0.717) is 39.1 Å². The second-order valence-electron chi connectivity index (χ2n) is 6.33. The number of aromatic nitrogens is 1. The third kappa shape index (κ3) is 5.14. The molecule has 1 amide bonds. The van der Waals surface area contributed by atoms with Crippen LogP contribution in [0.4, 0.5) is 0 Å². The second-order valence-corrected chi connectivity index (χ2v) is 9.28. The first-order chi connectivity index (χ1) is 12.0. The lowest BCUT2D eigenvalue weighted by molar-refractivity contribution is -0.132. The van der Waals surface area contributed by atoms with Gasteiger partial charge in [-0.2, -0.15) is 4.31 Å². The van der Waals surface area contributed by atoms with Gasteiger partial charge in [-0.25, -0.2) is 13.4 Å². The van der Waals surface area contributed by atoms with E-state index in [1.807, 2.05) is 4.90 Å². The minimum atomic E-state index is -3.49. The Hall–Kier alpha value is -0.780. The summed E-state index contributed by atoms with van der Waals surface area (Å²) >= 11 is 1.35. The molecule has 148 valence electrons. The van der Waals surface area contributed by atoms with Gasteiger partial charge >= 0.3 is 0 Å². The molecule has 3 heterocycles. The number of carbonyl (C=O) groups excluding carboxylic acids is 1. The molecule has 0 spiro atoms. The van der Waals surface area contributed by atoms with E-state index in [9.17, 15) is 13.2 Å². The largest absolute Gasteiger partial charge is 0.340 e. The van der Waals surface area contributed by atoms with Gasteiger partial charge in [0.15, 0.2) is 5.03 Å². The summed E-state index contributed by atoms with van der Waals surface area (Å²) < 4.78 is 26.6. The van der Waals surface area contributed by atoms with Crippen molar-refractivity contribution in [1.29, 1.82) is 0 Å².